The number of para-hydroxylation sites is 2. The quantitative estimate of drug-likeness (QED) is 0.759. The van der Waals surface area contributed by atoms with Gasteiger partial charge in [0.2, 0.25) is 0 Å². The Bertz CT molecular complexity index is 846. The molecule has 0 saturated carbocycles. The predicted molar refractivity (Wildman–Crippen MR) is 123 cm³/mol. The molecular formula is C26H35N3O. The molecule has 0 aromatic heterocycles. The van der Waals surface area contributed by atoms with Crippen LogP contribution in [0.5, 0.6) is 5.75 Å². The summed E-state index contributed by atoms with van der Waals surface area (Å²) in [4.78, 5) is 8.09. The van der Waals surface area contributed by atoms with Gasteiger partial charge >= 0.3 is 0 Å². The summed E-state index contributed by atoms with van der Waals surface area (Å²) in [7, 11) is 1.78. The molecule has 2 aromatic rings. The summed E-state index contributed by atoms with van der Waals surface area (Å²) >= 11 is 0. The second-order valence-electron chi connectivity index (χ2n) is 9.17. The third-order valence-corrected chi connectivity index (χ3v) is 7.51. The van der Waals surface area contributed by atoms with E-state index in [1.54, 1.807) is 18.2 Å². The van der Waals surface area contributed by atoms with Crippen LogP contribution in [0.15, 0.2) is 48.5 Å². The second kappa shape index (κ2) is 8.99. The van der Waals surface area contributed by atoms with E-state index < -0.39 is 0 Å². The lowest BCUT2D eigenvalue weighted by molar-refractivity contribution is 0.0558. The summed E-state index contributed by atoms with van der Waals surface area (Å²) in [6, 6.07) is 18.9. The lowest BCUT2D eigenvalue weighted by Crippen LogP contribution is -2.54. The topological polar surface area (TPSA) is 19.0 Å². The maximum atomic E-state index is 5.59. The number of anilines is 1. The SMILES string of the molecule is COc1ccccc1N1CCC(N2CCCC(N3CCc4ccccc4C3)C2)CC1. The van der Waals surface area contributed by atoms with E-state index in [2.05, 4.69) is 63.2 Å². The van der Waals surface area contributed by atoms with Gasteiger partial charge in [-0.25, -0.2) is 0 Å². The van der Waals surface area contributed by atoms with Crippen molar-refractivity contribution in [2.24, 2.45) is 0 Å². The Labute approximate surface area is 181 Å². The fraction of sp³-hybridized carbons (Fsp3) is 0.538. The van der Waals surface area contributed by atoms with Crippen molar-refractivity contribution in [1.82, 2.24) is 9.80 Å². The normalized spacial score (nSPS) is 23.9. The molecule has 3 heterocycles. The lowest BCUT2D eigenvalue weighted by atomic mass is 9.94. The van der Waals surface area contributed by atoms with Crippen LogP contribution in [0.2, 0.25) is 0 Å². The number of methoxy groups -OCH3 is 1. The first-order chi connectivity index (χ1) is 14.8. The largest absolute Gasteiger partial charge is 0.495 e. The third-order valence-electron chi connectivity index (χ3n) is 7.51. The Hall–Kier alpha value is -2.04. The van der Waals surface area contributed by atoms with Crippen molar-refractivity contribution < 1.29 is 4.74 Å². The third kappa shape index (κ3) is 4.08. The van der Waals surface area contributed by atoms with E-state index in [0.717, 1.165) is 37.5 Å². The molecule has 4 nitrogen and oxygen atoms in total. The number of piperidine rings is 2. The number of fused-ring (bicyclic) bond motifs is 1. The average molecular weight is 406 g/mol. The highest BCUT2D eigenvalue weighted by atomic mass is 16.5. The van der Waals surface area contributed by atoms with Gasteiger partial charge in [-0.2, -0.15) is 0 Å². The summed E-state index contributed by atoms with van der Waals surface area (Å²) in [5.41, 5.74) is 4.36. The standard InChI is InChI=1S/C26H35N3O/c1-30-26-11-5-4-10-25(26)27-17-13-23(14-18-27)28-15-6-9-24(20-28)29-16-12-21-7-2-3-8-22(21)19-29/h2-5,7-8,10-11,23-24H,6,9,12-20H2,1H3. The smallest absolute Gasteiger partial charge is 0.142 e. The van der Waals surface area contributed by atoms with E-state index in [9.17, 15) is 0 Å². The van der Waals surface area contributed by atoms with Crippen LogP contribution in [-0.2, 0) is 13.0 Å². The maximum absolute atomic E-state index is 5.59. The maximum Gasteiger partial charge on any atom is 0.142 e. The average Bonchev–Trinajstić information content (AvgIpc) is 2.84. The molecule has 160 valence electrons. The Morgan fingerprint density at radius 3 is 2.37 bits per heavy atom. The van der Waals surface area contributed by atoms with Gasteiger partial charge in [0.25, 0.3) is 0 Å². The molecule has 5 rings (SSSR count). The summed E-state index contributed by atoms with van der Waals surface area (Å²) < 4.78 is 5.59. The number of hydrogen-bond acceptors (Lipinski definition) is 4. The molecular weight excluding hydrogens is 370 g/mol. The van der Waals surface area contributed by atoms with Crippen LogP contribution in [0, 0.1) is 0 Å². The van der Waals surface area contributed by atoms with Crippen LogP contribution in [0.3, 0.4) is 0 Å². The minimum Gasteiger partial charge on any atom is -0.495 e. The van der Waals surface area contributed by atoms with E-state index in [1.807, 2.05) is 0 Å². The molecule has 0 bridgehead atoms. The summed E-state index contributed by atoms with van der Waals surface area (Å²) in [5.74, 6) is 0.999. The lowest BCUT2D eigenvalue weighted by Gasteiger charge is -2.46. The zero-order chi connectivity index (χ0) is 20.3. The van der Waals surface area contributed by atoms with Crippen LogP contribution in [-0.4, -0.2) is 61.7 Å². The molecule has 4 heteroatoms. The molecule has 1 unspecified atom stereocenters. The second-order valence-corrected chi connectivity index (χ2v) is 9.17. The van der Waals surface area contributed by atoms with Crippen molar-refractivity contribution in [3.63, 3.8) is 0 Å². The minimum atomic E-state index is 0.722. The van der Waals surface area contributed by atoms with Crippen LogP contribution < -0.4 is 9.64 Å². The first kappa shape index (κ1) is 19.9. The summed E-state index contributed by atoms with van der Waals surface area (Å²) in [6.07, 6.45) is 6.43. The van der Waals surface area contributed by atoms with Gasteiger partial charge in [0.15, 0.2) is 0 Å². The van der Waals surface area contributed by atoms with E-state index in [-0.39, 0.29) is 0 Å². The number of rotatable bonds is 4. The number of ether oxygens (including phenoxy) is 1. The highest BCUT2D eigenvalue weighted by Gasteiger charge is 2.32. The van der Waals surface area contributed by atoms with Crippen molar-refractivity contribution >= 4 is 5.69 Å². The molecule has 2 saturated heterocycles. The number of hydrogen-bond donors (Lipinski definition) is 0. The molecule has 0 N–H and O–H groups in total. The van der Waals surface area contributed by atoms with Gasteiger partial charge in [-0.05, 0) is 61.9 Å². The fourth-order valence-electron chi connectivity index (χ4n) is 5.81. The molecule has 3 aliphatic heterocycles. The molecule has 0 spiro atoms. The first-order valence-electron chi connectivity index (χ1n) is 11.7. The predicted octanol–water partition coefficient (Wildman–Crippen LogP) is 4.19. The molecule has 0 aliphatic carbocycles. The van der Waals surface area contributed by atoms with Crippen LogP contribution in [0.1, 0.15) is 36.8 Å². The van der Waals surface area contributed by atoms with Crippen molar-refractivity contribution in [2.75, 3.05) is 44.7 Å². The van der Waals surface area contributed by atoms with Gasteiger partial charge in [0, 0.05) is 44.8 Å². The first-order valence-corrected chi connectivity index (χ1v) is 11.7. The van der Waals surface area contributed by atoms with Crippen LogP contribution >= 0.6 is 0 Å². The molecule has 3 aliphatic rings. The Morgan fingerprint density at radius 1 is 0.767 bits per heavy atom. The van der Waals surface area contributed by atoms with Gasteiger partial charge in [-0.3, -0.25) is 9.80 Å². The minimum absolute atomic E-state index is 0.722. The van der Waals surface area contributed by atoms with Gasteiger partial charge in [0.1, 0.15) is 5.75 Å². The molecule has 30 heavy (non-hydrogen) atoms. The monoisotopic (exact) mass is 405 g/mol. The fourth-order valence-corrected chi connectivity index (χ4v) is 5.81. The van der Waals surface area contributed by atoms with Crippen molar-refractivity contribution in [1.29, 1.82) is 0 Å². The van der Waals surface area contributed by atoms with E-state index in [0.29, 0.717) is 0 Å². The number of likely N-dealkylation sites (tertiary alicyclic amines) is 1. The Morgan fingerprint density at radius 2 is 1.53 bits per heavy atom. The van der Waals surface area contributed by atoms with Crippen LogP contribution in [0.4, 0.5) is 5.69 Å². The van der Waals surface area contributed by atoms with Crippen LogP contribution in [0.25, 0.3) is 0 Å². The van der Waals surface area contributed by atoms with Crippen molar-refractivity contribution in [2.45, 2.75) is 50.7 Å². The number of benzene rings is 2. The molecule has 0 amide bonds. The Balaban J connectivity index is 1.18. The summed E-state index contributed by atoms with van der Waals surface area (Å²) in [5, 5.41) is 0. The van der Waals surface area contributed by atoms with E-state index in [4.69, 9.17) is 4.74 Å². The molecule has 2 aromatic carbocycles. The van der Waals surface area contributed by atoms with Gasteiger partial charge in [-0.1, -0.05) is 36.4 Å². The highest BCUT2D eigenvalue weighted by Crippen LogP contribution is 2.32. The van der Waals surface area contributed by atoms with Gasteiger partial charge < -0.3 is 9.64 Å². The molecule has 1 atom stereocenters. The number of nitrogens with zero attached hydrogens (tertiary/aromatic N) is 3. The van der Waals surface area contributed by atoms with E-state index >= 15 is 0 Å². The van der Waals surface area contributed by atoms with Crippen molar-refractivity contribution in [3.05, 3.63) is 59.7 Å². The van der Waals surface area contributed by atoms with Crippen molar-refractivity contribution in [3.8, 4) is 5.75 Å². The zero-order valence-electron chi connectivity index (χ0n) is 18.3. The molecule has 2 fully saturated rings. The van der Waals surface area contributed by atoms with Gasteiger partial charge in [0.05, 0.1) is 12.8 Å². The Kier molecular flexibility index (Phi) is 5.96. The molecule has 0 radical (unpaired) electrons. The highest BCUT2D eigenvalue weighted by molar-refractivity contribution is 5.58. The zero-order valence-corrected chi connectivity index (χ0v) is 18.3. The van der Waals surface area contributed by atoms with Gasteiger partial charge in [-0.15, -0.1) is 0 Å². The van der Waals surface area contributed by atoms with E-state index in [1.165, 1.54) is 57.4 Å². The summed E-state index contributed by atoms with van der Waals surface area (Å²) in [6.45, 7) is 7.15.